The second-order valence-corrected chi connectivity index (χ2v) is 9.24. The lowest BCUT2D eigenvalue weighted by molar-refractivity contribution is -0.120. The fourth-order valence-corrected chi connectivity index (χ4v) is 4.56. The molecule has 4 aromatic carbocycles. The minimum Gasteiger partial charge on any atom is -0.497 e. The number of carbonyl (C=O) groups excluding carboxylic acids is 2. The minimum atomic E-state index is -1.07. The third-order valence-electron chi connectivity index (χ3n) is 6.29. The summed E-state index contributed by atoms with van der Waals surface area (Å²) in [7, 11) is 1.61. The van der Waals surface area contributed by atoms with Crippen LogP contribution in [0.2, 0.25) is 0 Å². The second kappa shape index (κ2) is 11.7. The quantitative estimate of drug-likeness (QED) is 0.350. The van der Waals surface area contributed by atoms with Gasteiger partial charge >= 0.3 is 0 Å². The van der Waals surface area contributed by atoms with Gasteiger partial charge in [-0.3, -0.25) is 14.9 Å². The lowest BCUT2D eigenvalue weighted by Gasteiger charge is -2.26. The molecule has 1 atom stereocenters. The number of para-hydroxylation sites is 1. The summed E-state index contributed by atoms with van der Waals surface area (Å²) in [6.45, 7) is 0.304. The molecule has 194 valence electrons. The number of benzene rings is 4. The normalized spacial score (nSPS) is 14.5. The number of hydrogen-bond donors (Lipinski definition) is 2. The largest absolute Gasteiger partial charge is 0.497 e. The Kier molecular flexibility index (Phi) is 7.75. The number of amides is 2. The third kappa shape index (κ3) is 5.86. The molecule has 0 spiro atoms. The van der Waals surface area contributed by atoms with Crippen molar-refractivity contribution in [2.75, 3.05) is 12.0 Å². The topological polar surface area (TPSA) is 83.0 Å². The molecular formula is C31H26N4O3S. The van der Waals surface area contributed by atoms with E-state index in [0.29, 0.717) is 17.8 Å². The summed E-state index contributed by atoms with van der Waals surface area (Å²) in [6, 6.07) is 33.7. The van der Waals surface area contributed by atoms with E-state index in [1.165, 1.54) is 0 Å². The summed E-state index contributed by atoms with van der Waals surface area (Å²) >= 11 is 5.45. The number of thiocarbonyl (C=S) groups is 1. The Morgan fingerprint density at radius 2 is 1.54 bits per heavy atom. The van der Waals surface area contributed by atoms with Gasteiger partial charge in [-0.25, -0.2) is 4.99 Å². The Labute approximate surface area is 232 Å². The van der Waals surface area contributed by atoms with Crippen LogP contribution in [-0.2, 0) is 11.3 Å². The van der Waals surface area contributed by atoms with Crippen LogP contribution >= 0.6 is 12.2 Å². The van der Waals surface area contributed by atoms with E-state index in [1.807, 2.05) is 84.9 Å². The highest BCUT2D eigenvalue weighted by Crippen LogP contribution is 2.30. The summed E-state index contributed by atoms with van der Waals surface area (Å²) in [5.41, 5.74) is 4.41. The molecule has 8 heteroatoms. The molecular weight excluding hydrogens is 508 g/mol. The molecule has 1 aliphatic rings. The maximum Gasteiger partial charge on any atom is 0.272 e. The Hall–Kier alpha value is -4.82. The van der Waals surface area contributed by atoms with E-state index in [1.54, 1.807) is 36.3 Å². The van der Waals surface area contributed by atoms with E-state index in [9.17, 15) is 9.59 Å². The molecule has 1 aliphatic heterocycles. The molecule has 0 saturated carbocycles. The van der Waals surface area contributed by atoms with Gasteiger partial charge in [0.2, 0.25) is 6.17 Å². The molecule has 2 amide bonds. The van der Waals surface area contributed by atoms with E-state index in [2.05, 4.69) is 10.6 Å². The zero-order valence-corrected chi connectivity index (χ0v) is 22.0. The Morgan fingerprint density at radius 3 is 2.23 bits per heavy atom. The van der Waals surface area contributed by atoms with Crippen molar-refractivity contribution in [3.05, 3.63) is 131 Å². The number of methoxy groups -OCH3 is 1. The van der Waals surface area contributed by atoms with Gasteiger partial charge in [-0.1, -0.05) is 78.9 Å². The molecule has 0 aromatic heterocycles. The molecule has 0 bridgehead atoms. The van der Waals surface area contributed by atoms with Crippen LogP contribution in [0.1, 0.15) is 27.0 Å². The van der Waals surface area contributed by atoms with Crippen molar-refractivity contribution in [3.8, 4) is 5.75 Å². The van der Waals surface area contributed by atoms with E-state index in [4.69, 9.17) is 21.9 Å². The summed E-state index contributed by atoms with van der Waals surface area (Å²) in [5, 5.41) is 5.65. The standard InChI is InChI=1S/C31H26N4O3S/c1-38-24-18-16-21(17-19-24)20-35-26-15-9-8-14-25(26)27(22-10-4-2-5-11-22)32-28(30(35)37)33-31(39)34-29(36)23-12-6-3-7-13-23/h2-19,28H,20H2,1H3,(H2,33,34,36,39). The smallest absolute Gasteiger partial charge is 0.272 e. The zero-order chi connectivity index (χ0) is 27.2. The molecule has 4 aromatic rings. The van der Waals surface area contributed by atoms with Gasteiger partial charge in [0, 0.05) is 16.7 Å². The van der Waals surface area contributed by atoms with Crippen molar-refractivity contribution >= 4 is 40.5 Å². The molecule has 1 unspecified atom stereocenters. The third-order valence-corrected chi connectivity index (χ3v) is 6.51. The molecule has 2 N–H and O–H groups in total. The van der Waals surface area contributed by atoms with Crippen LogP contribution in [0.3, 0.4) is 0 Å². The SMILES string of the molecule is COc1ccc(CN2C(=O)C(NC(=S)NC(=O)c3ccccc3)N=C(c3ccccc3)c3ccccc32)cc1. The maximum absolute atomic E-state index is 14.1. The van der Waals surface area contributed by atoms with Crippen LogP contribution in [-0.4, -0.2) is 35.9 Å². The Bertz CT molecular complexity index is 1520. The van der Waals surface area contributed by atoms with Crippen molar-refractivity contribution < 1.29 is 14.3 Å². The first-order valence-corrected chi connectivity index (χ1v) is 12.8. The number of rotatable bonds is 6. The number of nitrogens with zero attached hydrogens (tertiary/aromatic N) is 2. The van der Waals surface area contributed by atoms with Crippen molar-refractivity contribution in [2.45, 2.75) is 12.7 Å². The van der Waals surface area contributed by atoms with Crippen LogP contribution < -0.4 is 20.3 Å². The first-order valence-electron chi connectivity index (χ1n) is 12.4. The van der Waals surface area contributed by atoms with Gasteiger partial charge in [-0.05, 0) is 48.1 Å². The van der Waals surface area contributed by atoms with Crippen molar-refractivity contribution in [1.82, 2.24) is 10.6 Å². The number of aliphatic imine (C=N–C) groups is 1. The molecule has 0 radical (unpaired) electrons. The summed E-state index contributed by atoms with van der Waals surface area (Å²) in [4.78, 5) is 33.3. The average molecular weight is 535 g/mol. The van der Waals surface area contributed by atoms with E-state index < -0.39 is 6.17 Å². The molecule has 5 rings (SSSR count). The van der Waals surface area contributed by atoms with Gasteiger partial charge in [0.05, 0.1) is 25.1 Å². The van der Waals surface area contributed by atoms with E-state index >= 15 is 0 Å². The highest BCUT2D eigenvalue weighted by atomic mass is 32.1. The first-order chi connectivity index (χ1) is 19.0. The first kappa shape index (κ1) is 25.8. The van der Waals surface area contributed by atoms with Gasteiger partial charge in [-0.15, -0.1) is 0 Å². The van der Waals surface area contributed by atoms with Crippen molar-refractivity contribution in [1.29, 1.82) is 0 Å². The van der Waals surface area contributed by atoms with Crippen LogP contribution in [0.4, 0.5) is 5.69 Å². The lowest BCUT2D eigenvalue weighted by atomic mass is 10.00. The molecule has 0 aliphatic carbocycles. The van der Waals surface area contributed by atoms with Crippen LogP contribution in [0.15, 0.2) is 114 Å². The van der Waals surface area contributed by atoms with Gasteiger partial charge in [0.1, 0.15) is 5.75 Å². The number of nitrogens with one attached hydrogen (secondary N) is 2. The minimum absolute atomic E-state index is 0.00807. The Morgan fingerprint density at radius 1 is 0.897 bits per heavy atom. The monoisotopic (exact) mass is 534 g/mol. The van der Waals surface area contributed by atoms with Crippen LogP contribution in [0.5, 0.6) is 5.75 Å². The number of fused-ring (bicyclic) bond motifs is 1. The Balaban J connectivity index is 1.51. The lowest BCUT2D eigenvalue weighted by Crippen LogP contribution is -2.51. The van der Waals surface area contributed by atoms with E-state index in [-0.39, 0.29) is 16.9 Å². The number of ether oxygens (including phenoxy) is 1. The second-order valence-electron chi connectivity index (χ2n) is 8.83. The van der Waals surface area contributed by atoms with Gasteiger partial charge in [-0.2, -0.15) is 0 Å². The maximum atomic E-state index is 14.1. The fourth-order valence-electron chi connectivity index (χ4n) is 4.35. The predicted molar refractivity (Wildman–Crippen MR) is 156 cm³/mol. The highest BCUT2D eigenvalue weighted by Gasteiger charge is 2.32. The van der Waals surface area contributed by atoms with Crippen molar-refractivity contribution in [2.24, 2.45) is 4.99 Å². The van der Waals surface area contributed by atoms with Crippen LogP contribution in [0.25, 0.3) is 0 Å². The van der Waals surface area contributed by atoms with Gasteiger partial charge < -0.3 is 15.0 Å². The summed E-state index contributed by atoms with van der Waals surface area (Å²) < 4.78 is 5.29. The summed E-state index contributed by atoms with van der Waals surface area (Å²) in [6.07, 6.45) is -1.07. The number of anilines is 1. The van der Waals surface area contributed by atoms with Crippen molar-refractivity contribution in [3.63, 3.8) is 0 Å². The molecule has 0 fully saturated rings. The van der Waals surface area contributed by atoms with E-state index in [0.717, 1.165) is 28.1 Å². The van der Waals surface area contributed by atoms with Gasteiger partial charge in [0.25, 0.3) is 11.8 Å². The van der Waals surface area contributed by atoms with Gasteiger partial charge in [0.15, 0.2) is 5.11 Å². The average Bonchev–Trinajstić information content (AvgIpc) is 3.09. The predicted octanol–water partition coefficient (Wildman–Crippen LogP) is 4.71. The summed E-state index contributed by atoms with van der Waals surface area (Å²) in [5.74, 6) is 0.0513. The molecule has 7 nitrogen and oxygen atoms in total. The number of benzodiazepines with no additional fused rings is 1. The van der Waals surface area contributed by atoms with Crippen LogP contribution in [0, 0.1) is 0 Å². The number of carbonyl (C=O) groups is 2. The highest BCUT2D eigenvalue weighted by molar-refractivity contribution is 7.80. The molecule has 39 heavy (non-hydrogen) atoms. The molecule has 1 heterocycles. The molecule has 0 saturated heterocycles. The zero-order valence-electron chi connectivity index (χ0n) is 21.2. The fraction of sp³-hybridized carbons (Fsp3) is 0.0968. The number of hydrogen-bond acceptors (Lipinski definition) is 5.